The Labute approximate surface area is 189 Å². The predicted molar refractivity (Wildman–Crippen MR) is 119 cm³/mol. The Hall–Kier alpha value is -4.34. The summed E-state index contributed by atoms with van der Waals surface area (Å²) < 4.78 is 21.4. The number of pyridine rings is 1. The number of amides is 3. The molecule has 0 radical (unpaired) electrons. The van der Waals surface area contributed by atoms with E-state index in [-0.39, 0.29) is 5.56 Å². The summed E-state index contributed by atoms with van der Waals surface area (Å²) >= 11 is 0. The maximum absolute atomic E-state index is 13.0. The van der Waals surface area contributed by atoms with Gasteiger partial charge in [-0.15, -0.1) is 0 Å². The highest BCUT2D eigenvalue weighted by molar-refractivity contribution is 6.06. The molecular weight excluding hydrogens is 430 g/mol. The second-order valence-corrected chi connectivity index (χ2v) is 6.89. The van der Waals surface area contributed by atoms with Crippen LogP contribution in [0.25, 0.3) is 22.2 Å². The first-order valence-electron chi connectivity index (χ1n) is 9.80. The predicted octanol–water partition coefficient (Wildman–Crippen LogP) is 2.67. The first-order chi connectivity index (χ1) is 15.8. The number of nitrogens with two attached hydrogens (primary N) is 1. The molecule has 1 aromatic heterocycles. The molecule has 0 aliphatic rings. The van der Waals surface area contributed by atoms with Crippen molar-refractivity contribution in [1.82, 2.24) is 10.3 Å². The van der Waals surface area contributed by atoms with Crippen LogP contribution >= 0.6 is 0 Å². The van der Waals surface area contributed by atoms with E-state index in [1.165, 1.54) is 28.3 Å². The number of para-hydroxylation sites is 1. The zero-order valence-electron chi connectivity index (χ0n) is 18.5. The van der Waals surface area contributed by atoms with Gasteiger partial charge in [-0.1, -0.05) is 18.2 Å². The van der Waals surface area contributed by atoms with Crippen molar-refractivity contribution < 1.29 is 33.3 Å². The minimum atomic E-state index is -1.25. The minimum absolute atomic E-state index is 0.183. The maximum Gasteiger partial charge on any atom is 0.339 e. The molecule has 2 aromatic carbocycles. The Morgan fingerprint density at radius 2 is 1.61 bits per heavy atom. The SMILES string of the molecule is COc1cc(-c2cc(C(=O)OC(C)C(=O)NC(N)=O)c3ccccc3n2)cc(OC)c1OC. The Bertz CT molecular complexity index is 1200. The van der Waals surface area contributed by atoms with Crippen LogP contribution in [0.2, 0.25) is 0 Å². The van der Waals surface area contributed by atoms with Gasteiger partial charge in [-0.3, -0.25) is 10.1 Å². The zero-order chi connectivity index (χ0) is 24.1. The Morgan fingerprint density at radius 1 is 0.970 bits per heavy atom. The van der Waals surface area contributed by atoms with Crippen LogP contribution in [0.1, 0.15) is 17.3 Å². The molecule has 0 aliphatic carbocycles. The number of ether oxygens (including phenoxy) is 4. The van der Waals surface area contributed by atoms with Crippen molar-refractivity contribution in [1.29, 1.82) is 0 Å². The lowest BCUT2D eigenvalue weighted by Crippen LogP contribution is -2.42. The number of carbonyl (C=O) groups is 3. The van der Waals surface area contributed by atoms with E-state index >= 15 is 0 Å². The van der Waals surface area contributed by atoms with Crippen molar-refractivity contribution >= 4 is 28.8 Å². The van der Waals surface area contributed by atoms with Gasteiger partial charge in [0, 0.05) is 10.9 Å². The number of imide groups is 1. The summed E-state index contributed by atoms with van der Waals surface area (Å²) in [6.07, 6.45) is -1.25. The van der Waals surface area contributed by atoms with E-state index in [0.717, 1.165) is 0 Å². The van der Waals surface area contributed by atoms with E-state index in [4.69, 9.17) is 24.7 Å². The quantitative estimate of drug-likeness (QED) is 0.521. The third-order valence-corrected chi connectivity index (χ3v) is 4.80. The van der Waals surface area contributed by atoms with E-state index in [1.807, 2.05) is 5.32 Å². The molecule has 1 atom stereocenters. The molecule has 0 spiro atoms. The van der Waals surface area contributed by atoms with Crippen LogP contribution in [0.5, 0.6) is 17.2 Å². The highest BCUT2D eigenvalue weighted by Crippen LogP contribution is 2.41. The average molecular weight is 453 g/mol. The molecule has 10 nitrogen and oxygen atoms in total. The fourth-order valence-corrected chi connectivity index (χ4v) is 3.22. The van der Waals surface area contributed by atoms with Gasteiger partial charge in [-0.05, 0) is 31.2 Å². The molecule has 0 bridgehead atoms. The lowest BCUT2D eigenvalue weighted by Gasteiger charge is -2.16. The summed E-state index contributed by atoms with van der Waals surface area (Å²) in [4.78, 5) is 40.5. The smallest absolute Gasteiger partial charge is 0.339 e. The molecule has 3 amide bonds. The summed E-state index contributed by atoms with van der Waals surface area (Å²) in [6.45, 7) is 1.33. The number of esters is 1. The molecule has 0 saturated heterocycles. The van der Waals surface area contributed by atoms with Crippen molar-refractivity contribution in [2.75, 3.05) is 21.3 Å². The fourth-order valence-electron chi connectivity index (χ4n) is 3.22. The number of urea groups is 1. The van der Waals surface area contributed by atoms with Crippen LogP contribution in [0.4, 0.5) is 4.79 Å². The van der Waals surface area contributed by atoms with Gasteiger partial charge < -0.3 is 24.7 Å². The number of hydrogen-bond acceptors (Lipinski definition) is 8. The number of nitrogens with one attached hydrogen (secondary N) is 1. The average Bonchev–Trinajstić information content (AvgIpc) is 2.81. The van der Waals surface area contributed by atoms with E-state index in [2.05, 4.69) is 4.98 Å². The molecule has 0 aliphatic heterocycles. The van der Waals surface area contributed by atoms with E-state index in [1.54, 1.807) is 42.5 Å². The highest BCUT2D eigenvalue weighted by Gasteiger charge is 2.23. The normalized spacial score (nSPS) is 11.4. The number of rotatable bonds is 7. The molecule has 0 fully saturated rings. The van der Waals surface area contributed by atoms with Gasteiger partial charge in [-0.25, -0.2) is 14.6 Å². The summed E-state index contributed by atoms with van der Waals surface area (Å²) in [5, 5.41) is 2.41. The van der Waals surface area contributed by atoms with Crippen molar-refractivity contribution in [2.24, 2.45) is 5.73 Å². The molecule has 172 valence electrons. The van der Waals surface area contributed by atoms with Crippen molar-refractivity contribution in [3.8, 4) is 28.5 Å². The van der Waals surface area contributed by atoms with Crippen LogP contribution in [-0.4, -0.2) is 50.3 Å². The third-order valence-electron chi connectivity index (χ3n) is 4.80. The Morgan fingerprint density at radius 3 is 2.18 bits per heavy atom. The second-order valence-electron chi connectivity index (χ2n) is 6.89. The largest absolute Gasteiger partial charge is 0.493 e. The van der Waals surface area contributed by atoms with Gasteiger partial charge in [0.05, 0.1) is 38.1 Å². The standard InChI is InChI=1S/C23H23N3O7/c1-12(21(27)26-23(24)29)33-22(28)15-11-17(25-16-8-6-5-7-14(15)16)13-9-18(30-2)20(32-4)19(10-13)31-3/h5-12H,1-4H3,(H3,24,26,27,29). The molecule has 3 aromatic rings. The minimum Gasteiger partial charge on any atom is -0.493 e. The number of aromatic nitrogens is 1. The number of hydrogen-bond donors (Lipinski definition) is 2. The summed E-state index contributed by atoms with van der Waals surface area (Å²) in [6, 6.07) is 10.9. The van der Waals surface area contributed by atoms with Gasteiger partial charge in [0.2, 0.25) is 5.75 Å². The van der Waals surface area contributed by atoms with Gasteiger partial charge in [-0.2, -0.15) is 0 Å². The Kier molecular flexibility index (Phi) is 6.97. The molecule has 1 unspecified atom stereocenters. The summed E-state index contributed by atoms with van der Waals surface area (Å²) in [5.41, 5.74) is 6.71. The molecule has 0 saturated carbocycles. The Balaban J connectivity index is 2.09. The molecule has 3 N–H and O–H groups in total. The number of primary amides is 1. The van der Waals surface area contributed by atoms with Gasteiger partial charge in [0.1, 0.15) is 0 Å². The van der Waals surface area contributed by atoms with Crippen LogP contribution in [-0.2, 0) is 9.53 Å². The van der Waals surface area contributed by atoms with Crippen LogP contribution in [0.3, 0.4) is 0 Å². The molecule has 33 heavy (non-hydrogen) atoms. The maximum atomic E-state index is 13.0. The first kappa shape index (κ1) is 23.3. The van der Waals surface area contributed by atoms with Gasteiger partial charge >= 0.3 is 12.0 Å². The molecule has 3 rings (SSSR count). The number of methoxy groups -OCH3 is 3. The van der Waals surface area contributed by atoms with Gasteiger partial charge in [0.25, 0.3) is 5.91 Å². The number of carbonyl (C=O) groups excluding carboxylic acids is 3. The van der Waals surface area contributed by atoms with Crippen LogP contribution in [0, 0.1) is 0 Å². The topological polar surface area (TPSA) is 139 Å². The second kappa shape index (κ2) is 9.86. The molecule has 10 heteroatoms. The highest BCUT2D eigenvalue weighted by atomic mass is 16.5. The number of benzene rings is 2. The lowest BCUT2D eigenvalue weighted by molar-refractivity contribution is -0.127. The zero-order valence-corrected chi connectivity index (χ0v) is 18.5. The summed E-state index contributed by atoms with van der Waals surface area (Å²) in [7, 11) is 4.49. The number of nitrogens with zero attached hydrogens (tertiary/aromatic N) is 1. The molecular formula is C23H23N3O7. The van der Waals surface area contributed by atoms with Crippen LogP contribution < -0.4 is 25.3 Å². The van der Waals surface area contributed by atoms with Crippen molar-refractivity contribution in [2.45, 2.75) is 13.0 Å². The molecule has 1 heterocycles. The first-order valence-corrected chi connectivity index (χ1v) is 9.80. The van der Waals surface area contributed by atoms with E-state index in [0.29, 0.717) is 39.4 Å². The van der Waals surface area contributed by atoms with Crippen LogP contribution in [0.15, 0.2) is 42.5 Å². The fraction of sp³-hybridized carbons (Fsp3) is 0.217. The van der Waals surface area contributed by atoms with E-state index < -0.39 is 24.0 Å². The van der Waals surface area contributed by atoms with Gasteiger partial charge in [0.15, 0.2) is 17.6 Å². The lowest BCUT2D eigenvalue weighted by atomic mass is 10.0. The van der Waals surface area contributed by atoms with Crippen molar-refractivity contribution in [3.63, 3.8) is 0 Å². The monoisotopic (exact) mass is 453 g/mol. The van der Waals surface area contributed by atoms with E-state index in [9.17, 15) is 14.4 Å². The van der Waals surface area contributed by atoms with Crippen molar-refractivity contribution in [3.05, 3.63) is 48.0 Å². The number of fused-ring (bicyclic) bond motifs is 1. The third kappa shape index (κ3) is 4.95. The summed E-state index contributed by atoms with van der Waals surface area (Å²) in [5.74, 6) is -0.350.